The van der Waals surface area contributed by atoms with Crippen molar-refractivity contribution in [2.24, 2.45) is 0 Å². The van der Waals surface area contributed by atoms with Gasteiger partial charge in [-0.1, -0.05) is 29.3 Å². The first kappa shape index (κ1) is 10.3. The van der Waals surface area contributed by atoms with Crippen molar-refractivity contribution in [3.8, 4) is 0 Å². The Bertz CT molecular complexity index is 349. The molecule has 1 aliphatic rings. The van der Waals surface area contributed by atoms with Crippen LogP contribution in [0, 0.1) is 0 Å². The Balaban J connectivity index is 2.41. The highest BCUT2D eigenvalue weighted by atomic mass is 35.5. The fourth-order valence-electron chi connectivity index (χ4n) is 1.81. The second kappa shape index (κ2) is 4.09. The van der Waals surface area contributed by atoms with Gasteiger partial charge >= 0.3 is 0 Å². The van der Waals surface area contributed by atoms with Crippen molar-refractivity contribution in [3.05, 3.63) is 33.3 Å². The molecule has 0 aliphatic carbocycles. The quantitative estimate of drug-likeness (QED) is 0.720. The lowest BCUT2D eigenvalue weighted by molar-refractivity contribution is 0.534. The summed E-state index contributed by atoms with van der Waals surface area (Å²) in [6.07, 6.45) is 2.24. The smallest absolute Gasteiger partial charge is 0.0639 e. The van der Waals surface area contributed by atoms with Gasteiger partial charge in [-0.3, -0.25) is 0 Å². The zero-order valence-corrected chi connectivity index (χ0v) is 9.62. The third-order valence-corrected chi connectivity index (χ3v) is 3.61. The van der Waals surface area contributed by atoms with Gasteiger partial charge in [0, 0.05) is 12.6 Å². The molecule has 1 aromatic carbocycles. The van der Waals surface area contributed by atoms with Crippen molar-refractivity contribution >= 4 is 23.2 Å². The van der Waals surface area contributed by atoms with Gasteiger partial charge in [0.05, 0.1) is 10.0 Å². The normalized spacial score (nSPS) is 21.5. The molecule has 1 nitrogen and oxygen atoms in total. The van der Waals surface area contributed by atoms with E-state index in [1.54, 1.807) is 0 Å². The molecule has 2 rings (SSSR count). The van der Waals surface area contributed by atoms with Gasteiger partial charge < -0.3 is 5.32 Å². The van der Waals surface area contributed by atoms with Crippen molar-refractivity contribution < 1.29 is 0 Å². The van der Waals surface area contributed by atoms with Crippen LogP contribution in [0.25, 0.3) is 0 Å². The molecule has 0 amide bonds. The number of rotatable bonds is 0. The predicted octanol–water partition coefficient (Wildman–Crippen LogP) is 3.42. The average molecular weight is 230 g/mol. The Morgan fingerprint density at radius 2 is 2.14 bits per heavy atom. The van der Waals surface area contributed by atoms with Gasteiger partial charge in [0.2, 0.25) is 0 Å². The lowest BCUT2D eigenvalue weighted by atomic mass is 10.0. The van der Waals surface area contributed by atoms with Gasteiger partial charge in [-0.15, -0.1) is 0 Å². The number of aryl methyl sites for hydroxylation is 1. The second-order valence-corrected chi connectivity index (χ2v) is 4.60. The highest BCUT2D eigenvalue weighted by molar-refractivity contribution is 6.42. The predicted molar refractivity (Wildman–Crippen MR) is 61.1 cm³/mol. The molecule has 0 radical (unpaired) electrons. The van der Waals surface area contributed by atoms with E-state index >= 15 is 0 Å². The summed E-state index contributed by atoms with van der Waals surface area (Å²) in [5.41, 5.74) is 2.50. The summed E-state index contributed by atoms with van der Waals surface area (Å²) < 4.78 is 0. The molecule has 0 fully saturated rings. The van der Waals surface area contributed by atoms with E-state index in [2.05, 4.69) is 18.3 Å². The zero-order chi connectivity index (χ0) is 10.1. The van der Waals surface area contributed by atoms with Crippen LogP contribution in [0.15, 0.2) is 12.1 Å². The van der Waals surface area contributed by atoms with Gasteiger partial charge in [-0.05, 0) is 37.0 Å². The molecule has 0 unspecified atom stereocenters. The molecule has 0 spiro atoms. The summed E-state index contributed by atoms with van der Waals surface area (Å²) in [6.45, 7) is 3.03. The Kier molecular flexibility index (Phi) is 3.01. The molecular weight excluding hydrogens is 217 g/mol. The molecular formula is C11H13Cl2N. The lowest BCUT2D eigenvalue weighted by Gasteiger charge is -2.09. The summed E-state index contributed by atoms with van der Waals surface area (Å²) in [6, 6.07) is 4.53. The summed E-state index contributed by atoms with van der Waals surface area (Å²) in [5.74, 6) is 0. The molecule has 1 heterocycles. The molecule has 1 aliphatic heterocycles. The third kappa shape index (κ3) is 1.90. The van der Waals surface area contributed by atoms with Crippen molar-refractivity contribution in [3.63, 3.8) is 0 Å². The summed E-state index contributed by atoms with van der Waals surface area (Å²) in [5, 5.41) is 4.79. The van der Waals surface area contributed by atoms with Crippen molar-refractivity contribution in [1.29, 1.82) is 0 Å². The molecule has 0 bridgehead atoms. The molecule has 1 atom stereocenters. The van der Waals surface area contributed by atoms with Crippen LogP contribution in [-0.2, 0) is 13.0 Å². The number of nitrogens with one attached hydrogen (secondary N) is 1. The van der Waals surface area contributed by atoms with E-state index < -0.39 is 0 Å². The highest BCUT2D eigenvalue weighted by Crippen LogP contribution is 2.30. The Morgan fingerprint density at radius 3 is 2.93 bits per heavy atom. The zero-order valence-electron chi connectivity index (χ0n) is 8.11. The minimum absolute atomic E-state index is 0.553. The van der Waals surface area contributed by atoms with E-state index in [4.69, 9.17) is 23.2 Å². The molecule has 0 saturated carbocycles. The Labute approximate surface area is 94.4 Å². The maximum Gasteiger partial charge on any atom is 0.0639 e. The van der Waals surface area contributed by atoms with Crippen LogP contribution in [0.1, 0.15) is 24.5 Å². The molecule has 0 saturated heterocycles. The van der Waals surface area contributed by atoms with Crippen molar-refractivity contribution in [2.45, 2.75) is 32.4 Å². The van der Waals surface area contributed by atoms with Gasteiger partial charge in [-0.25, -0.2) is 0 Å². The van der Waals surface area contributed by atoms with E-state index in [-0.39, 0.29) is 0 Å². The van der Waals surface area contributed by atoms with Crippen LogP contribution in [0.3, 0.4) is 0 Å². The monoisotopic (exact) mass is 229 g/mol. The molecule has 3 heteroatoms. The van der Waals surface area contributed by atoms with Gasteiger partial charge in [0.25, 0.3) is 0 Å². The van der Waals surface area contributed by atoms with Gasteiger partial charge in [0.1, 0.15) is 0 Å². The van der Waals surface area contributed by atoms with Crippen LogP contribution in [0.5, 0.6) is 0 Å². The van der Waals surface area contributed by atoms with Crippen LogP contribution in [0.4, 0.5) is 0 Å². The second-order valence-electron chi connectivity index (χ2n) is 3.82. The van der Waals surface area contributed by atoms with E-state index in [0.29, 0.717) is 16.1 Å². The molecule has 1 N–H and O–H groups in total. The number of hydrogen-bond donors (Lipinski definition) is 1. The maximum absolute atomic E-state index is 6.16. The fraction of sp³-hybridized carbons (Fsp3) is 0.455. The van der Waals surface area contributed by atoms with E-state index in [9.17, 15) is 0 Å². The van der Waals surface area contributed by atoms with Crippen LogP contribution < -0.4 is 5.32 Å². The topological polar surface area (TPSA) is 12.0 Å². The molecule has 1 aromatic rings. The van der Waals surface area contributed by atoms with Crippen molar-refractivity contribution in [2.75, 3.05) is 0 Å². The Morgan fingerprint density at radius 1 is 1.36 bits per heavy atom. The fourth-order valence-corrected chi connectivity index (χ4v) is 2.24. The first-order chi connectivity index (χ1) is 6.68. The van der Waals surface area contributed by atoms with E-state index in [0.717, 1.165) is 19.4 Å². The van der Waals surface area contributed by atoms with Crippen LogP contribution >= 0.6 is 23.2 Å². The molecule has 0 aromatic heterocycles. The summed E-state index contributed by atoms with van der Waals surface area (Å²) in [7, 11) is 0. The summed E-state index contributed by atoms with van der Waals surface area (Å²) >= 11 is 12.1. The van der Waals surface area contributed by atoms with E-state index in [1.807, 2.05) is 6.07 Å². The van der Waals surface area contributed by atoms with Crippen LogP contribution in [-0.4, -0.2) is 6.04 Å². The van der Waals surface area contributed by atoms with Gasteiger partial charge in [-0.2, -0.15) is 0 Å². The SMILES string of the molecule is C[C@H]1CCc2ccc(Cl)c(Cl)c2CN1. The number of fused-ring (bicyclic) bond motifs is 1. The number of halogens is 2. The van der Waals surface area contributed by atoms with E-state index in [1.165, 1.54) is 11.1 Å². The number of hydrogen-bond acceptors (Lipinski definition) is 1. The highest BCUT2D eigenvalue weighted by Gasteiger charge is 2.15. The molecule has 14 heavy (non-hydrogen) atoms. The first-order valence-corrected chi connectivity index (χ1v) is 5.63. The Hall–Kier alpha value is -0.240. The first-order valence-electron chi connectivity index (χ1n) is 4.87. The maximum atomic E-state index is 6.16. The minimum Gasteiger partial charge on any atom is -0.310 e. The largest absolute Gasteiger partial charge is 0.310 e. The standard InChI is InChI=1S/C11H13Cl2N/c1-7-2-3-8-4-5-10(12)11(13)9(8)6-14-7/h4-5,7,14H,2-3,6H2,1H3/t7-/m0/s1. The van der Waals surface area contributed by atoms with Crippen LogP contribution in [0.2, 0.25) is 10.0 Å². The molecule has 76 valence electrons. The third-order valence-electron chi connectivity index (χ3n) is 2.77. The summed E-state index contributed by atoms with van der Waals surface area (Å²) in [4.78, 5) is 0. The average Bonchev–Trinajstić information content (AvgIpc) is 2.35. The van der Waals surface area contributed by atoms with Gasteiger partial charge in [0.15, 0.2) is 0 Å². The minimum atomic E-state index is 0.553. The van der Waals surface area contributed by atoms with Crippen molar-refractivity contribution in [1.82, 2.24) is 5.32 Å². The lowest BCUT2D eigenvalue weighted by Crippen LogP contribution is -2.23. The number of benzene rings is 1.